The van der Waals surface area contributed by atoms with Crippen LogP contribution in [0.5, 0.6) is 0 Å². The van der Waals surface area contributed by atoms with Crippen LogP contribution in [0.4, 0.5) is 5.69 Å². The van der Waals surface area contributed by atoms with Crippen molar-refractivity contribution < 1.29 is 4.79 Å². The van der Waals surface area contributed by atoms with Crippen LogP contribution in [0.25, 0.3) is 0 Å². The maximum atomic E-state index is 12.5. The molecule has 0 saturated heterocycles. The molecule has 1 fully saturated rings. The van der Waals surface area contributed by atoms with E-state index in [0.717, 1.165) is 22.6 Å². The Kier molecular flexibility index (Phi) is 4.79. The molecule has 1 saturated carbocycles. The second-order valence-corrected chi connectivity index (χ2v) is 8.40. The number of nitrogens with one attached hydrogen (secondary N) is 1. The van der Waals surface area contributed by atoms with Crippen LogP contribution in [-0.4, -0.2) is 15.7 Å². The zero-order valence-electron chi connectivity index (χ0n) is 15.8. The number of carbonyl (C=O) groups is 1. The van der Waals surface area contributed by atoms with Crippen LogP contribution in [-0.2, 0) is 11.8 Å². The second kappa shape index (κ2) is 7.24. The van der Waals surface area contributed by atoms with Crippen molar-refractivity contribution in [1.29, 1.82) is 0 Å². The summed E-state index contributed by atoms with van der Waals surface area (Å²) in [6, 6.07) is 14.6. The van der Waals surface area contributed by atoms with Gasteiger partial charge in [0, 0.05) is 34.6 Å². The third-order valence-electron chi connectivity index (χ3n) is 5.12. The molecule has 2 aromatic carbocycles. The SMILES string of the molecule is Cc1ccc(Sc2ccc(NC(=O)[C@@H]3C[C@@H]3c3cnn(C)c3)cc2)cc1C. The minimum Gasteiger partial charge on any atom is -0.326 e. The lowest BCUT2D eigenvalue weighted by atomic mass is 10.1. The molecule has 0 spiro atoms. The monoisotopic (exact) mass is 377 g/mol. The molecule has 2 atom stereocenters. The van der Waals surface area contributed by atoms with Crippen LogP contribution in [0, 0.1) is 19.8 Å². The summed E-state index contributed by atoms with van der Waals surface area (Å²) in [4.78, 5) is 14.9. The fraction of sp³-hybridized carbons (Fsp3) is 0.273. The molecule has 0 unspecified atom stereocenters. The Morgan fingerprint density at radius 1 is 1.11 bits per heavy atom. The Bertz CT molecular complexity index is 977. The van der Waals surface area contributed by atoms with Gasteiger partial charge in [0.2, 0.25) is 5.91 Å². The van der Waals surface area contributed by atoms with Crippen molar-refractivity contribution in [1.82, 2.24) is 9.78 Å². The van der Waals surface area contributed by atoms with Crippen LogP contribution < -0.4 is 5.32 Å². The molecular formula is C22H23N3OS. The molecule has 1 N–H and O–H groups in total. The van der Waals surface area contributed by atoms with Crippen LogP contribution in [0.15, 0.2) is 64.6 Å². The summed E-state index contributed by atoms with van der Waals surface area (Å²) in [5.41, 5.74) is 4.61. The highest BCUT2D eigenvalue weighted by molar-refractivity contribution is 7.99. The normalized spacial score (nSPS) is 18.3. The van der Waals surface area contributed by atoms with Crippen LogP contribution in [0.3, 0.4) is 0 Å². The van der Waals surface area contributed by atoms with E-state index in [2.05, 4.69) is 54.6 Å². The van der Waals surface area contributed by atoms with E-state index in [1.54, 1.807) is 16.4 Å². The number of rotatable bonds is 5. The van der Waals surface area contributed by atoms with E-state index in [0.29, 0.717) is 5.92 Å². The summed E-state index contributed by atoms with van der Waals surface area (Å²) in [5, 5.41) is 7.24. The zero-order chi connectivity index (χ0) is 19.0. The van der Waals surface area contributed by atoms with Crippen LogP contribution in [0.2, 0.25) is 0 Å². The molecule has 27 heavy (non-hydrogen) atoms. The molecule has 1 aliphatic carbocycles. The van der Waals surface area contributed by atoms with Crippen molar-refractivity contribution in [3.63, 3.8) is 0 Å². The third-order valence-corrected chi connectivity index (χ3v) is 6.11. The average Bonchev–Trinajstić information content (AvgIpc) is 3.34. The fourth-order valence-corrected chi connectivity index (χ4v) is 4.16. The molecule has 4 rings (SSSR count). The van der Waals surface area contributed by atoms with Gasteiger partial charge in [0.15, 0.2) is 0 Å². The predicted molar refractivity (Wildman–Crippen MR) is 109 cm³/mol. The number of anilines is 1. The molecule has 1 aliphatic rings. The second-order valence-electron chi connectivity index (χ2n) is 7.26. The number of aryl methyl sites for hydroxylation is 3. The molecule has 0 radical (unpaired) electrons. The van der Waals surface area contributed by atoms with Crippen molar-refractivity contribution in [2.45, 2.75) is 36.0 Å². The van der Waals surface area contributed by atoms with Crippen molar-refractivity contribution in [2.24, 2.45) is 13.0 Å². The Balaban J connectivity index is 1.35. The molecule has 5 heteroatoms. The van der Waals surface area contributed by atoms with Gasteiger partial charge in [-0.3, -0.25) is 9.48 Å². The van der Waals surface area contributed by atoms with Gasteiger partial charge in [-0.15, -0.1) is 0 Å². The molecule has 3 aromatic rings. The number of benzene rings is 2. The quantitative estimate of drug-likeness (QED) is 0.686. The Morgan fingerprint density at radius 2 is 1.85 bits per heavy atom. The first-order valence-corrected chi connectivity index (χ1v) is 9.96. The lowest BCUT2D eigenvalue weighted by molar-refractivity contribution is -0.117. The van der Waals surface area contributed by atoms with Gasteiger partial charge in [-0.1, -0.05) is 17.8 Å². The number of aromatic nitrogens is 2. The topological polar surface area (TPSA) is 46.9 Å². The highest BCUT2D eigenvalue weighted by atomic mass is 32.2. The van der Waals surface area contributed by atoms with Gasteiger partial charge in [0.05, 0.1) is 6.20 Å². The van der Waals surface area contributed by atoms with Crippen molar-refractivity contribution in [3.05, 3.63) is 71.5 Å². The van der Waals surface area contributed by atoms with Gasteiger partial charge in [-0.25, -0.2) is 0 Å². The summed E-state index contributed by atoms with van der Waals surface area (Å²) >= 11 is 1.73. The maximum absolute atomic E-state index is 12.5. The maximum Gasteiger partial charge on any atom is 0.228 e. The Hall–Kier alpha value is -2.53. The van der Waals surface area contributed by atoms with Crippen LogP contribution in [0.1, 0.15) is 29.0 Å². The fourth-order valence-electron chi connectivity index (χ4n) is 3.24. The molecule has 0 bridgehead atoms. The average molecular weight is 378 g/mol. The number of carbonyl (C=O) groups excluding carboxylic acids is 1. The summed E-state index contributed by atoms with van der Waals surface area (Å²) in [6.45, 7) is 4.26. The largest absolute Gasteiger partial charge is 0.326 e. The summed E-state index contributed by atoms with van der Waals surface area (Å²) in [7, 11) is 1.90. The minimum atomic E-state index is 0.0544. The zero-order valence-corrected chi connectivity index (χ0v) is 16.6. The highest BCUT2D eigenvalue weighted by Crippen LogP contribution is 2.47. The van der Waals surface area contributed by atoms with E-state index in [1.165, 1.54) is 16.0 Å². The van der Waals surface area contributed by atoms with Gasteiger partial charge in [-0.2, -0.15) is 5.10 Å². The Morgan fingerprint density at radius 3 is 2.52 bits per heavy atom. The highest BCUT2D eigenvalue weighted by Gasteiger charge is 2.44. The lowest BCUT2D eigenvalue weighted by Crippen LogP contribution is -2.14. The summed E-state index contributed by atoms with van der Waals surface area (Å²) in [5.74, 6) is 0.454. The Labute approximate surface area is 164 Å². The van der Waals surface area contributed by atoms with E-state index < -0.39 is 0 Å². The van der Waals surface area contributed by atoms with Gasteiger partial charge in [-0.05, 0) is 79.3 Å². The first-order valence-electron chi connectivity index (χ1n) is 9.14. The molecule has 138 valence electrons. The van der Waals surface area contributed by atoms with Gasteiger partial charge in [0.25, 0.3) is 0 Å². The number of amides is 1. The van der Waals surface area contributed by atoms with E-state index in [4.69, 9.17) is 0 Å². The van der Waals surface area contributed by atoms with E-state index in [9.17, 15) is 4.79 Å². The lowest BCUT2D eigenvalue weighted by Gasteiger charge is -2.08. The predicted octanol–water partition coefficient (Wildman–Crippen LogP) is 4.93. The van der Waals surface area contributed by atoms with Crippen molar-refractivity contribution in [3.8, 4) is 0 Å². The van der Waals surface area contributed by atoms with Crippen LogP contribution >= 0.6 is 11.8 Å². The molecule has 0 aliphatic heterocycles. The van der Waals surface area contributed by atoms with Crippen molar-refractivity contribution >= 4 is 23.4 Å². The van der Waals surface area contributed by atoms with E-state index in [1.807, 2.05) is 31.6 Å². The number of hydrogen-bond donors (Lipinski definition) is 1. The molecular weight excluding hydrogens is 354 g/mol. The first kappa shape index (κ1) is 17.9. The first-order chi connectivity index (χ1) is 13.0. The summed E-state index contributed by atoms with van der Waals surface area (Å²) in [6.07, 6.45) is 4.76. The summed E-state index contributed by atoms with van der Waals surface area (Å²) < 4.78 is 1.79. The molecule has 4 nitrogen and oxygen atoms in total. The van der Waals surface area contributed by atoms with Gasteiger partial charge in [0.1, 0.15) is 0 Å². The smallest absolute Gasteiger partial charge is 0.228 e. The number of hydrogen-bond acceptors (Lipinski definition) is 3. The minimum absolute atomic E-state index is 0.0544. The third kappa shape index (κ3) is 4.08. The van der Waals surface area contributed by atoms with Gasteiger partial charge < -0.3 is 5.32 Å². The van der Waals surface area contributed by atoms with Gasteiger partial charge >= 0.3 is 0 Å². The molecule has 1 aromatic heterocycles. The van der Waals surface area contributed by atoms with E-state index >= 15 is 0 Å². The van der Waals surface area contributed by atoms with Crippen molar-refractivity contribution in [2.75, 3.05) is 5.32 Å². The van der Waals surface area contributed by atoms with E-state index in [-0.39, 0.29) is 11.8 Å². The molecule has 1 amide bonds. The standard InChI is InChI=1S/C22H23N3OS/c1-14-4-7-19(10-15(14)2)27-18-8-5-17(6-9-18)24-22(26)21-11-20(21)16-12-23-25(3)13-16/h4-10,12-13,20-21H,11H2,1-3H3,(H,24,26)/t20-,21-/m1/s1. The molecule has 1 heterocycles. The number of nitrogens with zero attached hydrogens (tertiary/aromatic N) is 2.